The fourth-order valence-corrected chi connectivity index (χ4v) is 8.33. The van der Waals surface area contributed by atoms with Gasteiger partial charge in [-0.1, -0.05) is 163 Å². The summed E-state index contributed by atoms with van der Waals surface area (Å²) < 4.78 is 0. The molecule has 0 aliphatic heterocycles. The Kier molecular flexibility index (Phi) is 8.61. The Morgan fingerprint density at radius 2 is 0.842 bits per heavy atom. The zero-order valence-corrected chi connectivity index (χ0v) is 32.0. The van der Waals surface area contributed by atoms with Gasteiger partial charge in [0.1, 0.15) is 0 Å². The summed E-state index contributed by atoms with van der Waals surface area (Å²) in [5, 5.41) is 11.9. The summed E-state index contributed by atoms with van der Waals surface area (Å²) in [7, 11) is 0. The van der Waals surface area contributed by atoms with E-state index >= 15 is 0 Å². The van der Waals surface area contributed by atoms with Crippen molar-refractivity contribution in [1.82, 2.24) is 0 Å². The van der Waals surface area contributed by atoms with Gasteiger partial charge >= 0.3 is 0 Å². The molecule has 0 saturated carbocycles. The first kappa shape index (κ1) is 34.2. The minimum Gasteiger partial charge on any atom is -0.309 e. The van der Waals surface area contributed by atoms with Crippen molar-refractivity contribution in [2.45, 2.75) is 13.8 Å². The van der Waals surface area contributed by atoms with E-state index in [1.165, 1.54) is 54.2 Å². The van der Waals surface area contributed by atoms with E-state index in [1.807, 2.05) is 0 Å². The third-order valence-corrected chi connectivity index (χ3v) is 11.2. The van der Waals surface area contributed by atoms with Gasteiger partial charge in [-0.3, -0.25) is 10.4 Å². The van der Waals surface area contributed by atoms with Crippen LogP contribution < -0.4 is 15.3 Å². The number of hydrazine groups is 1. The lowest BCUT2D eigenvalue weighted by atomic mass is 10.0. The second kappa shape index (κ2) is 14.4. The van der Waals surface area contributed by atoms with Gasteiger partial charge < -0.3 is 4.90 Å². The minimum absolute atomic E-state index is 1.05. The van der Waals surface area contributed by atoms with E-state index in [0.29, 0.717) is 0 Å². The molecule has 1 N–H and O–H groups in total. The number of fused-ring (bicyclic) bond motifs is 4. The van der Waals surface area contributed by atoms with Gasteiger partial charge in [-0.2, -0.15) is 0 Å². The predicted molar refractivity (Wildman–Crippen MR) is 245 cm³/mol. The van der Waals surface area contributed by atoms with Crippen molar-refractivity contribution < 1.29 is 0 Å². The van der Waals surface area contributed by atoms with Crippen LogP contribution in [0, 0.1) is 13.8 Å². The number of nitrogens with one attached hydrogen (secondary N) is 1. The maximum atomic E-state index is 3.84. The maximum Gasteiger partial charge on any atom is 0.0708 e. The summed E-state index contributed by atoms with van der Waals surface area (Å²) in [5.74, 6) is 0. The van der Waals surface area contributed by atoms with E-state index in [2.05, 4.69) is 235 Å². The zero-order valence-electron chi connectivity index (χ0n) is 32.0. The van der Waals surface area contributed by atoms with E-state index < -0.39 is 0 Å². The van der Waals surface area contributed by atoms with Crippen LogP contribution >= 0.6 is 0 Å². The predicted octanol–water partition coefficient (Wildman–Crippen LogP) is 15.2. The molecule has 0 atom stereocenters. The summed E-state index contributed by atoms with van der Waals surface area (Å²) >= 11 is 0. The minimum atomic E-state index is 1.05. The smallest absolute Gasteiger partial charge is 0.0708 e. The summed E-state index contributed by atoms with van der Waals surface area (Å²) in [6.07, 6.45) is 0. The van der Waals surface area contributed by atoms with Crippen LogP contribution in [0.15, 0.2) is 206 Å². The molecule has 0 aliphatic rings. The third-order valence-electron chi connectivity index (χ3n) is 11.2. The number of anilines is 6. The van der Waals surface area contributed by atoms with Gasteiger partial charge in [-0.25, -0.2) is 0 Å². The van der Waals surface area contributed by atoms with Gasteiger partial charge in [0, 0.05) is 27.2 Å². The first-order valence-electron chi connectivity index (χ1n) is 19.6. The van der Waals surface area contributed by atoms with Crippen LogP contribution in [0.5, 0.6) is 0 Å². The van der Waals surface area contributed by atoms with Gasteiger partial charge in [0.2, 0.25) is 0 Å². The molecule has 0 bridgehead atoms. The summed E-state index contributed by atoms with van der Waals surface area (Å²) in [5.41, 5.74) is 15.3. The highest BCUT2D eigenvalue weighted by atomic mass is 15.5. The Morgan fingerprint density at radius 1 is 0.351 bits per heavy atom. The molecule has 0 unspecified atom stereocenters. The van der Waals surface area contributed by atoms with Crippen LogP contribution in [0.1, 0.15) is 11.1 Å². The van der Waals surface area contributed by atoms with E-state index in [0.717, 1.165) is 45.3 Å². The average Bonchev–Trinajstić information content (AvgIpc) is 3.27. The van der Waals surface area contributed by atoms with E-state index in [1.54, 1.807) is 0 Å². The molecule has 0 amide bonds. The van der Waals surface area contributed by atoms with Crippen molar-refractivity contribution in [3.63, 3.8) is 0 Å². The molecule has 3 heteroatoms. The lowest BCUT2D eigenvalue weighted by Crippen LogP contribution is -2.24. The molecule has 57 heavy (non-hydrogen) atoms. The normalized spacial score (nSPS) is 11.3. The Morgan fingerprint density at radius 3 is 1.49 bits per heavy atom. The second-order valence-corrected chi connectivity index (χ2v) is 14.9. The van der Waals surface area contributed by atoms with Gasteiger partial charge in [0.05, 0.1) is 28.4 Å². The Bertz CT molecular complexity index is 3060. The van der Waals surface area contributed by atoms with Crippen LogP contribution in [0.2, 0.25) is 0 Å². The molecule has 0 spiro atoms. The third kappa shape index (κ3) is 6.30. The van der Waals surface area contributed by atoms with Gasteiger partial charge in [0.25, 0.3) is 0 Å². The Labute approximate surface area is 333 Å². The molecule has 0 saturated heterocycles. The Balaban J connectivity index is 1.04. The molecular weight excluding hydrogens is 691 g/mol. The molecule has 10 aromatic rings. The number of nitrogens with zero attached hydrogens (tertiary/aromatic N) is 2. The highest BCUT2D eigenvalue weighted by Gasteiger charge is 2.19. The highest BCUT2D eigenvalue weighted by Crippen LogP contribution is 2.43. The quantitative estimate of drug-likeness (QED) is 0.157. The fraction of sp³-hybridized carbons (Fsp3) is 0.0370. The summed E-state index contributed by atoms with van der Waals surface area (Å²) in [4.78, 5) is 2.41. The first-order chi connectivity index (χ1) is 28.1. The summed E-state index contributed by atoms with van der Waals surface area (Å²) in [6.45, 7) is 4.33. The van der Waals surface area contributed by atoms with E-state index in [-0.39, 0.29) is 0 Å². The number of hydrogen-bond donors (Lipinski definition) is 1. The largest absolute Gasteiger partial charge is 0.309 e. The molecule has 10 rings (SSSR count). The fourth-order valence-electron chi connectivity index (χ4n) is 8.33. The van der Waals surface area contributed by atoms with Crippen molar-refractivity contribution in [2.24, 2.45) is 0 Å². The van der Waals surface area contributed by atoms with Crippen LogP contribution in [0.3, 0.4) is 0 Å². The van der Waals surface area contributed by atoms with Crippen LogP contribution in [0.25, 0.3) is 54.2 Å². The number of hydrogen-bond acceptors (Lipinski definition) is 3. The number of aryl methyl sites for hydroxylation is 2. The van der Waals surface area contributed by atoms with Crippen molar-refractivity contribution >= 4 is 77.2 Å². The first-order valence-corrected chi connectivity index (χ1v) is 19.6. The molecule has 0 aliphatic carbocycles. The molecule has 0 fully saturated rings. The summed E-state index contributed by atoms with van der Waals surface area (Å²) in [6, 6.07) is 74.6. The van der Waals surface area contributed by atoms with Crippen molar-refractivity contribution in [3.8, 4) is 11.1 Å². The number of rotatable bonds is 8. The van der Waals surface area contributed by atoms with Crippen molar-refractivity contribution in [1.29, 1.82) is 0 Å². The molecule has 0 aromatic heterocycles. The highest BCUT2D eigenvalue weighted by molar-refractivity contribution is 6.05. The standard InChI is InChI=1S/C54H41N3/c1-37-24-34-49-43(36-37)16-11-22-53(49)56(52-21-9-14-41-12-3-5-18-47(41)52)44-30-26-39(27-31-44)40-28-32-45(33-29-40)57(54-23-10-15-42-13-4-6-19-48(42)54)55-51-35-25-38(2)46-17-7-8-20-50(46)51/h3-36,55H,1-2H3. The molecule has 3 nitrogen and oxygen atoms in total. The van der Waals surface area contributed by atoms with Crippen molar-refractivity contribution in [2.75, 3.05) is 15.3 Å². The zero-order chi connectivity index (χ0) is 38.3. The van der Waals surface area contributed by atoms with E-state index in [9.17, 15) is 0 Å². The molecular formula is C54H41N3. The SMILES string of the molecule is Cc1ccc2c(N(c3ccc(-c4ccc(N(Nc5ccc(C)c6ccccc56)c5cccc6ccccc56)cc4)cc3)c3cccc4ccccc34)cccc2c1. The molecule has 10 aromatic carbocycles. The second-order valence-electron chi connectivity index (χ2n) is 14.9. The lowest BCUT2D eigenvalue weighted by molar-refractivity contribution is 1.18. The average molecular weight is 732 g/mol. The maximum absolute atomic E-state index is 3.84. The molecule has 272 valence electrons. The van der Waals surface area contributed by atoms with Gasteiger partial charge in [0.15, 0.2) is 0 Å². The van der Waals surface area contributed by atoms with Crippen LogP contribution in [-0.2, 0) is 0 Å². The molecule has 0 radical (unpaired) electrons. The molecule has 0 heterocycles. The van der Waals surface area contributed by atoms with Gasteiger partial charge in [-0.05, 0) is 101 Å². The van der Waals surface area contributed by atoms with Crippen molar-refractivity contribution in [3.05, 3.63) is 217 Å². The van der Waals surface area contributed by atoms with Crippen LogP contribution in [-0.4, -0.2) is 0 Å². The monoisotopic (exact) mass is 731 g/mol. The number of benzene rings is 10. The van der Waals surface area contributed by atoms with Crippen LogP contribution in [0.4, 0.5) is 34.1 Å². The topological polar surface area (TPSA) is 18.5 Å². The lowest BCUT2D eigenvalue weighted by Gasteiger charge is -2.29. The Hall–Kier alpha value is -7.36. The van der Waals surface area contributed by atoms with E-state index in [4.69, 9.17) is 0 Å². The van der Waals surface area contributed by atoms with Gasteiger partial charge in [-0.15, -0.1) is 0 Å².